The van der Waals surface area contributed by atoms with E-state index in [9.17, 15) is 4.79 Å². The summed E-state index contributed by atoms with van der Waals surface area (Å²) in [5.74, 6) is -0.834. The lowest BCUT2D eigenvalue weighted by Crippen LogP contribution is -2.27. The molecule has 3 heteroatoms. The Hall–Kier alpha value is -2.03. The molecule has 0 saturated heterocycles. The zero-order valence-electron chi connectivity index (χ0n) is 9.54. The summed E-state index contributed by atoms with van der Waals surface area (Å²) in [4.78, 5) is 12.9. The predicted octanol–water partition coefficient (Wildman–Crippen LogP) is 2.07. The minimum atomic E-state index is -0.834. The molecule has 3 nitrogen and oxygen atoms in total. The Morgan fingerprint density at radius 2 is 2.06 bits per heavy atom. The van der Waals surface area contributed by atoms with Crippen molar-refractivity contribution in [2.75, 3.05) is 13.1 Å². The number of aliphatic carboxylic acids is 1. The maximum atomic E-state index is 10.8. The molecule has 2 rings (SSSR count). The van der Waals surface area contributed by atoms with E-state index in [-0.39, 0.29) is 0 Å². The van der Waals surface area contributed by atoms with Gasteiger partial charge in [0.15, 0.2) is 0 Å². The molecule has 0 unspecified atom stereocenters. The first-order valence-corrected chi connectivity index (χ1v) is 5.64. The van der Waals surface area contributed by atoms with E-state index in [1.54, 1.807) is 12.2 Å². The Balaban J connectivity index is 1.88. The highest BCUT2D eigenvalue weighted by Gasteiger charge is 2.12. The second-order valence-electron chi connectivity index (χ2n) is 4.04. The fourth-order valence-corrected chi connectivity index (χ4v) is 1.82. The smallest absolute Gasteiger partial charge is 0.333 e. The fraction of sp³-hybridized carbons (Fsp3) is 0.214. The normalized spacial score (nSPS) is 14.6. The van der Waals surface area contributed by atoms with Crippen LogP contribution in [0, 0.1) is 0 Å². The topological polar surface area (TPSA) is 40.5 Å². The van der Waals surface area contributed by atoms with Gasteiger partial charge in [-0.05, 0) is 30.3 Å². The summed E-state index contributed by atoms with van der Waals surface area (Å²) >= 11 is 0. The molecule has 1 aromatic rings. The number of carbonyl (C=O) groups is 1. The van der Waals surface area contributed by atoms with Gasteiger partial charge in [0.2, 0.25) is 0 Å². The minimum Gasteiger partial charge on any atom is -0.478 e. The third-order valence-corrected chi connectivity index (χ3v) is 2.77. The third kappa shape index (κ3) is 3.21. The predicted molar refractivity (Wildman–Crippen MR) is 66.6 cm³/mol. The second kappa shape index (κ2) is 5.34. The van der Waals surface area contributed by atoms with Gasteiger partial charge in [0.05, 0.1) is 5.57 Å². The molecule has 17 heavy (non-hydrogen) atoms. The molecule has 0 bridgehead atoms. The van der Waals surface area contributed by atoms with Gasteiger partial charge in [-0.1, -0.05) is 30.3 Å². The highest BCUT2D eigenvalue weighted by molar-refractivity contribution is 5.87. The van der Waals surface area contributed by atoms with Gasteiger partial charge in [0.25, 0.3) is 0 Å². The van der Waals surface area contributed by atoms with Gasteiger partial charge >= 0.3 is 5.97 Å². The van der Waals surface area contributed by atoms with Crippen LogP contribution >= 0.6 is 0 Å². The Morgan fingerprint density at radius 1 is 1.29 bits per heavy atom. The summed E-state index contributed by atoms with van der Waals surface area (Å²) < 4.78 is 0. The lowest BCUT2D eigenvalue weighted by Gasteiger charge is -2.23. The quantitative estimate of drug-likeness (QED) is 0.859. The molecule has 0 fully saturated rings. The first-order chi connectivity index (χ1) is 8.25. The van der Waals surface area contributed by atoms with E-state index in [2.05, 4.69) is 12.1 Å². The molecule has 0 saturated carbocycles. The van der Waals surface area contributed by atoms with Crippen LogP contribution in [-0.4, -0.2) is 29.1 Å². The Labute approximate surface area is 101 Å². The maximum Gasteiger partial charge on any atom is 0.333 e. The van der Waals surface area contributed by atoms with Crippen LogP contribution in [0.1, 0.15) is 5.56 Å². The van der Waals surface area contributed by atoms with Crippen LogP contribution in [-0.2, 0) is 11.2 Å². The van der Waals surface area contributed by atoms with Crippen molar-refractivity contribution in [2.24, 2.45) is 0 Å². The van der Waals surface area contributed by atoms with Crippen LogP contribution in [0.4, 0.5) is 0 Å². The van der Waals surface area contributed by atoms with E-state index >= 15 is 0 Å². The van der Waals surface area contributed by atoms with E-state index < -0.39 is 5.97 Å². The number of allylic oxidation sites excluding steroid dienone is 2. The van der Waals surface area contributed by atoms with Crippen molar-refractivity contribution < 1.29 is 9.90 Å². The van der Waals surface area contributed by atoms with Gasteiger partial charge in [-0.3, -0.25) is 0 Å². The first kappa shape index (κ1) is 11.5. The van der Waals surface area contributed by atoms with Crippen molar-refractivity contribution >= 4 is 5.97 Å². The molecule has 1 aromatic carbocycles. The molecule has 0 aromatic heterocycles. The Bertz CT molecular complexity index is 449. The van der Waals surface area contributed by atoms with Crippen LogP contribution in [0.2, 0.25) is 0 Å². The molecule has 0 aliphatic carbocycles. The van der Waals surface area contributed by atoms with Crippen molar-refractivity contribution in [3.8, 4) is 0 Å². The van der Waals surface area contributed by atoms with E-state index in [1.807, 2.05) is 29.3 Å². The molecule has 1 aliphatic heterocycles. The molecule has 1 aliphatic rings. The fourth-order valence-electron chi connectivity index (χ4n) is 1.82. The van der Waals surface area contributed by atoms with Gasteiger partial charge in [0, 0.05) is 13.1 Å². The second-order valence-corrected chi connectivity index (χ2v) is 4.04. The van der Waals surface area contributed by atoms with Gasteiger partial charge in [-0.15, -0.1) is 0 Å². The number of carboxylic acid groups (broad SMARTS) is 1. The molecule has 0 spiro atoms. The van der Waals surface area contributed by atoms with Crippen LogP contribution in [0.25, 0.3) is 0 Å². The van der Waals surface area contributed by atoms with Crippen molar-refractivity contribution in [3.63, 3.8) is 0 Å². The SMILES string of the molecule is O=C(O)C1=CC=CN(CCc2ccccc2)C1. The summed E-state index contributed by atoms with van der Waals surface area (Å²) in [6.45, 7) is 1.32. The van der Waals surface area contributed by atoms with E-state index in [4.69, 9.17) is 5.11 Å². The Morgan fingerprint density at radius 3 is 2.76 bits per heavy atom. The third-order valence-electron chi connectivity index (χ3n) is 2.77. The lowest BCUT2D eigenvalue weighted by atomic mass is 10.1. The van der Waals surface area contributed by atoms with E-state index in [1.165, 1.54) is 5.56 Å². The van der Waals surface area contributed by atoms with Crippen molar-refractivity contribution in [3.05, 3.63) is 59.8 Å². The van der Waals surface area contributed by atoms with Crippen molar-refractivity contribution in [1.29, 1.82) is 0 Å². The van der Waals surface area contributed by atoms with Crippen molar-refractivity contribution in [1.82, 2.24) is 4.90 Å². The summed E-state index contributed by atoms with van der Waals surface area (Å²) in [5.41, 5.74) is 1.72. The average molecular weight is 229 g/mol. The molecule has 0 atom stereocenters. The van der Waals surface area contributed by atoms with E-state index in [0.717, 1.165) is 13.0 Å². The summed E-state index contributed by atoms with van der Waals surface area (Å²) in [6, 6.07) is 10.2. The molecule has 0 amide bonds. The zero-order chi connectivity index (χ0) is 12.1. The number of hydrogen-bond donors (Lipinski definition) is 1. The molecule has 0 radical (unpaired) electrons. The van der Waals surface area contributed by atoms with Crippen LogP contribution in [0.3, 0.4) is 0 Å². The van der Waals surface area contributed by atoms with Crippen LogP contribution in [0.5, 0.6) is 0 Å². The number of benzene rings is 1. The molecular formula is C14H15NO2. The van der Waals surface area contributed by atoms with Gasteiger partial charge in [-0.25, -0.2) is 4.79 Å². The standard InChI is InChI=1S/C14H15NO2/c16-14(17)13-7-4-9-15(11-13)10-8-12-5-2-1-3-6-12/h1-7,9H,8,10-11H2,(H,16,17). The largest absolute Gasteiger partial charge is 0.478 e. The monoisotopic (exact) mass is 229 g/mol. The van der Waals surface area contributed by atoms with Gasteiger partial charge < -0.3 is 10.0 Å². The zero-order valence-corrected chi connectivity index (χ0v) is 9.54. The number of nitrogens with zero attached hydrogens (tertiary/aromatic N) is 1. The number of hydrogen-bond acceptors (Lipinski definition) is 2. The number of carboxylic acids is 1. The average Bonchev–Trinajstić information content (AvgIpc) is 2.38. The van der Waals surface area contributed by atoms with Gasteiger partial charge in [0.1, 0.15) is 0 Å². The molecule has 1 N–H and O–H groups in total. The van der Waals surface area contributed by atoms with Gasteiger partial charge in [-0.2, -0.15) is 0 Å². The van der Waals surface area contributed by atoms with Crippen LogP contribution < -0.4 is 0 Å². The summed E-state index contributed by atoms with van der Waals surface area (Å²) in [5, 5.41) is 8.91. The Kier molecular flexibility index (Phi) is 3.60. The van der Waals surface area contributed by atoms with E-state index in [0.29, 0.717) is 12.1 Å². The maximum absolute atomic E-state index is 10.8. The highest BCUT2D eigenvalue weighted by Crippen LogP contribution is 2.09. The highest BCUT2D eigenvalue weighted by atomic mass is 16.4. The minimum absolute atomic E-state index is 0.445. The summed E-state index contributed by atoms with van der Waals surface area (Å²) in [6.07, 6.45) is 6.31. The summed E-state index contributed by atoms with van der Waals surface area (Å²) in [7, 11) is 0. The first-order valence-electron chi connectivity index (χ1n) is 5.64. The van der Waals surface area contributed by atoms with Crippen molar-refractivity contribution in [2.45, 2.75) is 6.42 Å². The number of rotatable bonds is 4. The molecular weight excluding hydrogens is 214 g/mol. The molecule has 88 valence electrons. The molecule has 1 heterocycles. The lowest BCUT2D eigenvalue weighted by molar-refractivity contribution is -0.132. The van der Waals surface area contributed by atoms with Crippen LogP contribution in [0.15, 0.2) is 54.3 Å².